The van der Waals surface area contributed by atoms with Crippen molar-refractivity contribution in [2.24, 2.45) is 0 Å². The zero-order chi connectivity index (χ0) is 33.2. The Morgan fingerprint density at radius 1 is 1.13 bits per heavy atom. The largest absolute Gasteiger partial charge is 0.495 e. The van der Waals surface area contributed by atoms with Crippen LogP contribution in [0.15, 0.2) is 24.7 Å². The number of anilines is 3. The van der Waals surface area contributed by atoms with Crippen molar-refractivity contribution in [2.75, 3.05) is 50.1 Å². The number of amides is 1. The second-order valence-electron chi connectivity index (χ2n) is 12.9. The number of carbonyl (C=O) groups is 1. The van der Waals surface area contributed by atoms with Gasteiger partial charge in [0.25, 0.3) is 5.91 Å². The Morgan fingerprint density at radius 3 is 2.51 bits per heavy atom. The summed E-state index contributed by atoms with van der Waals surface area (Å²) in [6.45, 7) is 13.7. The summed E-state index contributed by atoms with van der Waals surface area (Å²) in [4.78, 5) is 34.2. The molecule has 2 aromatic heterocycles. The third-order valence-electron chi connectivity index (χ3n) is 9.92. The average Bonchev–Trinajstić information content (AvgIpc) is 3.52. The molecule has 2 fully saturated rings. The summed E-state index contributed by atoms with van der Waals surface area (Å²) in [5.41, 5.74) is 2.14. The fourth-order valence-electron chi connectivity index (χ4n) is 7.40. The molecule has 2 N–H and O–H groups in total. The van der Waals surface area contributed by atoms with Gasteiger partial charge in [0.2, 0.25) is 5.95 Å². The molecule has 1 amide bonds. The van der Waals surface area contributed by atoms with Crippen molar-refractivity contribution in [3.63, 3.8) is 0 Å². The molecule has 0 bridgehead atoms. The van der Waals surface area contributed by atoms with Crippen LogP contribution >= 0.6 is 0 Å². The highest BCUT2D eigenvalue weighted by molar-refractivity contribution is 5.96. The normalized spacial score (nSPS) is 19.3. The van der Waals surface area contributed by atoms with Crippen LogP contribution in [0.2, 0.25) is 0 Å². The van der Waals surface area contributed by atoms with E-state index in [0.717, 1.165) is 57.7 Å². The number of likely N-dealkylation sites (tertiary alicyclic amines) is 2. The lowest BCUT2D eigenvalue weighted by molar-refractivity contribution is 0.0774. The molecule has 0 saturated carbocycles. The number of methoxy groups -OCH3 is 1. The third-order valence-corrected chi connectivity index (χ3v) is 9.92. The zero-order valence-electron chi connectivity index (χ0n) is 28.0. The van der Waals surface area contributed by atoms with E-state index in [0.29, 0.717) is 34.7 Å². The molecule has 3 aromatic rings. The lowest BCUT2D eigenvalue weighted by Crippen LogP contribution is -2.51. The van der Waals surface area contributed by atoms with Gasteiger partial charge in [0.05, 0.1) is 36.3 Å². The second kappa shape index (κ2) is 13.8. The van der Waals surface area contributed by atoms with Crippen molar-refractivity contribution in [2.45, 2.75) is 84.0 Å². The number of hydrogen-bond donors (Lipinski definition) is 2. The van der Waals surface area contributed by atoms with E-state index in [1.807, 2.05) is 4.57 Å². The van der Waals surface area contributed by atoms with E-state index in [1.165, 1.54) is 32.1 Å². The number of piperidine rings is 2. The Morgan fingerprint density at radius 2 is 1.87 bits per heavy atom. The minimum absolute atomic E-state index is 0.00215. The summed E-state index contributed by atoms with van der Waals surface area (Å²) in [7, 11) is 1.48. The van der Waals surface area contributed by atoms with Gasteiger partial charge in [-0.3, -0.25) is 9.36 Å². The molecule has 0 unspecified atom stereocenters. The first-order valence-electron chi connectivity index (χ1n) is 16.8. The summed E-state index contributed by atoms with van der Waals surface area (Å²) in [5, 5.41) is 15.9. The van der Waals surface area contributed by atoms with E-state index in [4.69, 9.17) is 9.72 Å². The highest BCUT2D eigenvalue weighted by atomic mass is 19.1. The maximum Gasteiger partial charge on any atom is 0.254 e. The Bertz CT molecular complexity index is 1640. The molecule has 0 spiro atoms. The smallest absolute Gasteiger partial charge is 0.254 e. The summed E-state index contributed by atoms with van der Waals surface area (Å²) < 4.78 is 23.0. The maximum absolute atomic E-state index is 15.5. The van der Waals surface area contributed by atoms with E-state index in [9.17, 15) is 10.1 Å². The lowest BCUT2D eigenvalue weighted by Gasteiger charge is -2.41. The lowest BCUT2D eigenvalue weighted by atomic mass is 9.97. The molecule has 250 valence electrons. The van der Waals surface area contributed by atoms with Crippen molar-refractivity contribution in [3.05, 3.63) is 47.4 Å². The summed E-state index contributed by atoms with van der Waals surface area (Å²) in [6.07, 6.45) is 8.11. The third kappa shape index (κ3) is 6.36. The molecule has 3 aliphatic heterocycles. The van der Waals surface area contributed by atoms with E-state index < -0.39 is 11.7 Å². The highest BCUT2D eigenvalue weighted by Crippen LogP contribution is 2.42. The van der Waals surface area contributed by atoms with Gasteiger partial charge in [0.15, 0.2) is 11.5 Å². The number of hydrogen-bond acceptors (Lipinski definition) is 10. The van der Waals surface area contributed by atoms with Gasteiger partial charge in [-0.05, 0) is 71.7 Å². The standard InChI is InChI=1S/C34H45FN10O2/c1-6-28-31-27(18-36)38-20-44(31)29-19-37-34(41-32(29)45(28)21(3)4)40-26-17-25(35)24(16-30(26)47-5)33(46)39-22-8-14-43(15-9-22)23-10-12-42(7-2)13-11-23/h16-17,19-23,28H,6-15H2,1-5H3,(H,39,46)(H,37,40,41)/t28-/m1/s1. The van der Waals surface area contributed by atoms with Gasteiger partial charge in [0.1, 0.15) is 29.7 Å². The quantitative estimate of drug-likeness (QED) is 0.336. The Hall–Kier alpha value is -4.28. The van der Waals surface area contributed by atoms with Gasteiger partial charge in [-0.15, -0.1) is 0 Å². The van der Waals surface area contributed by atoms with E-state index >= 15 is 4.39 Å². The molecular formula is C34H45FN10O2. The number of nitrogens with zero attached hydrogens (tertiary/aromatic N) is 8. The maximum atomic E-state index is 15.5. The van der Waals surface area contributed by atoms with Gasteiger partial charge in [-0.2, -0.15) is 10.2 Å². The van der Waals surface area contributed by atoms with Crippen molar-refractivity contribution in [1.82, 2.24) is 34.6 Å². The number of rotatable bonds is 9. The van der Waals surface area contributed by atoms with Crippen LogP contribution in [0, 0.1) is 17.1 Å². The molecule has 13 heteroatoms. The van der Waals surface area contributed by atoms with Crippen molar-refractivity contribution in [1.29, 1.82) is 5.26 Å². The van der Waals surface area contributed by atoms with Crippen LogP contribution in [0.3, 0.4) is 0 Å². The number of imidazole rings is 1. The molecule has 5 heterocycles. The fraction of sp³-hybridized carbons (Fsp3) is 0.559. The molecule has 3 aliphatic rings. The van der Waals surface area contributed by atoms with Crippen LogP contribution < -0.4 is 20.3 Å². The summed E-state index contributed by atoms with van der Waals surface area (Å²) in [6, 6.07) is 5.45. The van der Waals surface area contributed by atoms with Gasteiger partial charge in [0, 0.05) is 37.3 Å². The van der Waals surface area contributed by atoms with Crippen molar-refractivity contribution < 1.29 is 13.9 Å². The van der Waals surface area contributed by atoms with Crippen molar-refractivity contribution in [3.8, 4) is 17.5 Å². The molecule has 0 radical (unpaired) electrons. The molecule has 6 rings (SSSR count). The number of ether oxygens (including phenoxy) is 1. The molecule has 1 aromatic carbocycles. The fourth-order valence-corrected chi connectivity index (χ4v) is 7.40. The van der Waals surface area contributed by atoms with Crippen LogP contribution in [-0.2, 0) is 0 Å². The van der Waals surface area contributed by atoms with Crippen LogP contribution in [0.4, 0.5) is 21.8 Å². The first-order valence-corrected chi connectivity index (χ1v) is 16.8. The van der Waals surface area contributed by atoms with E-state index in [2.05, 4.69) is 69.1 Å². The summed E-state index contributed by atoms with van der Waals surface area (Å²) >= 11 is 0. The topological polar surface area (TPSA) is 127 Å². The SMILES string of the molecule is CC[C@@H]1c2c(C#N)ncn2-c2cnc(Nc3cc(F)c(C(=O)NC4CCN(C5CCN(CC)CC5)CC4)cc3OC)nc2N1C(C)C. The minimum atomic E-state index is -0.661. The minimum Gasteiger partial charge on any atom is -0.495 e. The Kier molecular flexibility index (Phi) is 9.61. The number of carbonyl (C=O) groups excluding carboxylic acids is 1. The van der Waals surface area contributed by atoms with Crippen LogP contribution in [0.1, 0.15) is 87.6 Å². The van der Waals surface area contributed by atoms with Crippen LogP contribution in [0.25, 0.3) is 5.69 Å². The second-order valence-corrected chi connectivity index (χ2v) is 12.9. The van der Waals surface area contributed by atoms with Crippen molar-refractivity contribution >= 4 is 23.4 Å². The average molecular weight is 645 g/mol. The van der Waals surface area contributed by atoms with E-state index in [-0.39, 0.29) is 29.6 Å². The number of aromatic nitrogens is 4. The molecule has 0 aliphatic carbocycles. The monoisotopic (exact) mass is 644 g/mol. The summed E-state index contributed by atoms with van der Waals surface area (Å²) in [5.74, 6) is 0.111. The van der Waals surface area contributed by atoms with E-state index in [1.54, 1.807) is 12.5 Å². The highest BCUT2D eigenvalue weighted by Gasteiger charge is 2.36. The van der Waals surface area contributed by atoms with Gasteiger partial charge >= 0.3 is 0 Å². The number of benzene rings is 1. The predicted octanol–water partition coefficient (Wildman–Crippen LogP) is 4.78. The van der Waals surface area contributed by atoms with Crippen LogP contribution in [-0.4, -0.2) is 93.2 Å². The zero-order valence-corrected chi connectivity index (χ0v) is 28.0. The number of nitriles is 1. The first kappa shape index (κ1) is 32.7. The van der Waals surface area contributed by atoms with Gasteiger partial charge in [-0.1, -0.05) is 13.8 Å². The molecule has 12 nitrogen and oxygen atoms in total. The van der Waals surface area contributed by atoms with Crippen LogP contribution in [0.5, 0.6) is 5.75 Å². The van der Waals surface area contributed by atoms with Gasteiger partial charge < -0.3 is 30.1 Å². The number of halogens is 1. The van der Waals surface area contributed by atoms with Gasteiger partial charge in [-0.25, -0.2) is 14.4 Å². The first-order chi connectivity index (χ1) is 22.8. The molecule has 47 heavy (non-hydrogen) atoms. The number of nitrogens with one attached hydrogen (secondary N) is 2. The predicted molar refractivity (Wildman–Crippen MR) is 178 cm³/mol. The molecule has 1 atom stereocenters. The Balaban J connectivity index is 1.16. The molecule has 2 saturated heterocycles. The Labute approximate surface area is 275 Å². The molecular weight excluding hydrogens is 599 g/mol. The number of fused-ring (bicyclic) bond motifs is 3.